The van der Waals surface area contributed by atoms with Gasteiger partial charge in [0.25, 0.3) is 0 Å². The first kappa shape index (κ1) is 16.2. The van der Waals surface area contributed by atoms with Crippen molar-refractivity contribution in [3.8, 4) is 17.4 Å². The monoisotopic (exact) mass is 304 g/mol. The molecule has 1 aromatic carbocycles. The van der Waals surface area contributed by atoms with Crippen LogP contribution in [0, 0.1) is 6.20 Å². The molecule has 22 heavy (non-hydrogen) atoms. The third-order valence-corrected chi connectivity index (χ3v) is 2.41. The molecule has 0 unspecified atom stereocenters. The molecule has 2 heterocycles. The van der Waals surface area contributed by atoms with Crippen LogP contribution in [0.1, 0.15) is 2.85 Å². The number of hydrogen-bond donors (Lipinski definition) is 0. The summed E-state index contributed by atoms with van der Waals surface area (Å²) >= 11 is 0. The summed E-state index contributed by atoms with van der Waals surface area (Å²) in [7, 11) is 0. The number of rotatable bonds is 3. The van der Waals surface area contributed by atoms with E-state index in [0.29, 0.717) is 11.1 Å². The Kier molecular flexibility index (Phi) is 4.64. The van der Waals surface area contributed by atoms with Crippen LogP contribution in [0.3, 0.4) is 0 Å². The van der Waals surface area contributed by atoms with Gasteiger partial charge in [0, 0.05) is 0 Å². The second kappa shape index (κ2) is 6.30. The van der Waals surface area contributed by atoms with Crippen LogP contribution in [-0.2, 0) is 0 Å². The van der Waals surface area contributed by atoms with E-state index < -0.39 is 6.36 Å². The number of hydrogen-bond acceptors (Lipinski definition) is 5. The molecular weight excluding hydrogens is 296 g/mol. The Hall–Kier alpha value is -2.17. The van der Waals surface area contributed by atoms with Crippen molar-refractivity contribution in [2.45, 2.75) is 6.36 Å². The quantitative estimate of drug-likeness (QED) is 0.532. The van der Waals surface area contributed by atoms with Crippen molar-refractivity contribution in [3.63, 3.8) is 0 Å². The Morgan fingerprint density at radius 1 is 1.05 bits per heavy atom. The molecule has 0 aliphatic carbocycles. The molecule has 0 spiro atoms. The third-order valence-electron chi connectivity index (χ3n) is 2.41. The van der Waals surface area contributed by atoms with Gasteiger partial charge >= 0.3 is 25.2 Å². The molecule has 0 saturated carbocycles. The molecule has 0 atom stereocenters. The number of ether oxygens (including phenoxy) is 2. The minimum atomic E-state index is -4.72. The van der Waals surface area contributed by atoms with E-state index >= 15 is 0 Å². The first-order chi connectivity index (χ1) is 9.99. The molecule has 9 heteroatoms. The Morgan fingerprint density at radius 3 is 2.41 bits per heavy atom. The van der Waals surface area contributed by atoms with Crippen molar-refractivity contribution >= 4 is 11.1 Å². The van der Waals surface area contributed by atoms with E-state index in [2.05, 4.69) is 21.1 Å². The Morgan fingerprint density at radius 2 is 1.73 bits per heavy atom. The maximum Gasteiger partial charge on any atom is 1.00 e. The molecular formula is C13H8F3LiN2O3-2. The number of alkyl halides is 3. The van der Waals surface area contributed by atoms with Crippen molar-refractivity contribution in [1.29, 1.82) is 0 Å². The van der Waals surface area contributed by atoms with Crippen molar-refractivity contribution in [2.24, 2.45) is 0 Å². The zero-order valence-electron chi connectivity index (χ0n) is 13.2. The van der Waals surface area contributed by atoms with E-state index in [1.54, 1.807) is 12.1 Å². The number of halogens is 3. The molecule has 0 N–H and O–H groups in total. The van der Waals surface area contributed by atoms with E-state index in [4.69, 9.17) is 9.26 Å². The van der Waals surface area contributed by atoms with Crippen LogP contribution in [0.2, 0.25) is 0 Å². The fourth-order valence-electron chi connectivity index (χ4n) is 1.58. The van der Waals surface area contributed by atoms with E-state index in [-0.39, 0.29) is 39.1 Å². The first-order valence-corrected chi connectivity index (χ1v) is 5.67. The Bertz CT molecular complexity index is 769. The molecule has 0 aliphatic rings. The summed E-state index contributed by atoms with van der Waals surface area (Å²) in [5.41, 5.74) is 0.254. The summed E-state index contributed by atoms with van der Waals surface area (Å²) in [6.07, 6.45) is -2.14. The van der Waals surface area contributed by atoms with Crippen molar-refractivity contribution < 1.29 is 48.9 Å². The molecule has 0 amide bonds. The van der Waals surface area contributed by atoms with E-state index in [0.717, 1.165) is 12.1 Å². The summed E-state index contributed by atoms with van der Waals surface area (Å²) in [5.74, 6) is 0.195. The largest absolute Gasteiger partial charge is 1.00 e. The number of benzene rings is 1. The van der Waals surface area contributed by atoms with Gasteiger partial charge in [-0.2, -0.15) is 11.2 Å². The number of aromatic nitrogens is 2. The second-order valence-corrected chi connectivity index (χ2v) is 3.92. The minimum Gasteiger partial charge on any atom is -1.00 e. The molecule has 0 fully saturated rings. The van der Waals surface area contributed by atoms with Crippen LogP contribution in [0.4, 0.5) is 13.2 Å². The molecule has 5 nitrogen and oxygen atoms in total. The van der Waals surface area contributed by atoms with Crippen LogP contribution in [0.5, 0.6) is 17.4 Å². The summed E-state index contributed by atoms with van der Waals surface area (Å²) < 4.78 is 50.0. The van der Waals surface area contributed by atoms with Crippen LogP contribution < -0.4 is 28.3 Å². The van der Waals surface area contributed by atoms with Gasteiger partial charge in [-0.3, -0.25) is 0 Å². The van der Waals surface area contributed by atoms with Gasteiger partial charge in [-0.15, -0.1) is 18.6 Å². The van der Waals surface area contributed by atoms with Crippen LogP contribution in [0.15, 0.2) is 40.9 Å². The average Bonchev–Trinajstić information content (AvgIpc) is 2.87. The van der Waals surface area contributed by atoms with Gasteiger partial charge in [-0.25, -0.2) is 4.98 Å². The van der Waals surface area contributed by atoms with Crippen molar-refractivity contribution in [1.82, 2.24) is 10.1 Å². The molecule has 2 aromatic heterocycles. The summed E-state index contributed by atoms with van der Waals surface area (Å²) in [6, 6.07) is 8.16. The molecule has 0 saturated heterocycles. The van der Waals surface area contributed by atoms with Gasteiger partial charge in [0.2, 0.25) is 0 Å². The van der Waals surface area contributed by atoms with Gasteiger partial charge in [-0.1, -0.05) is 6.07 Å². The van der Waals surface area contributed by atoms with Crippen LogP contribution in [0.25, 0.3) is 11.1 Å². The molecule has 0 bridgehead atoms. The fraction of sp³-hybridized carbons (Fsp3) is 0.0769. The topological polar surface area (TPSA) is 57.4 Å². The van der Waals surface area contributed by atoms with Gasteiger partial charge in [0.05, 0.1) is 0 Å². The second-order valence-electron chi connectivity index (χ2n) is 3.92. The van der Waals surface area contributed by atoms with Crippen molar-refractivity contribution in [2.75, 3.05) is 0 Å². The number of fused-ring (bicyclic) bond motifs is 1. The van der Waals surface area contributed by atoms with Crippen LogP contribution in [-0.4, -0.2) is 16.5 Å². The Balaban J connectivity index is 0.00000176. The number of pyridine rings is 1. The van der Waals surface area contributed by atoms with E-state index in [9.17, 15) is 13.2 Å². The zero-order chi connectivity index (χ0) is 14.9. The molecule has 3 rings (SSSR count). The predicted octanol–water partition coefficient (Wildman–Crippen LogP) is 0.943. The SMILES string of the molecule is FC(F)(F)Oc1ccc(Oc2ccc3[c-]noc3n2)cc1.[H-].[H-].[Li+]. The smallest absolute Gasteiger partial charge is 1.00 e. The van der Waals surface area contributed by atoms with Gasteiger partial charge < -0.3 is 16.9 Å². The molecule has 3 aromatic rings. The number of nitrogens with zero attached hydrogens (tertiary/aromatic N) is 2. The molecule has 112 valence electrons. The molecule has 0 radical (unpaired) electrons. The van der Waals surface area contributed by atoms with Gasteiger partial charge in [0.1, 0.15) is 17.2 Å². The Labute approximate surface area is 137 Å². The van der Waals surface area contributed by atoms with Gasteiger partial charge in [-0.05, 0) is 30.5 Å². The molecule has 0 aliphatic heterocycles. The predicted molar refractivity (Wildman–Crippen MR) is 66.1 cm³/mol. The van der Waals surface area contributed by atoms with Crippen LogP contribution >= 0.6 is 0 Å². The first-order valence-electron chi connectivity index (χ1n) is 5.67. The maximum absolute atomic E-state index is 12.0. The average molecular weight is 304 g/mol. The summed E-state index contributed by atoms with van der Waals surface area (Å²) in [4.78, 5) is 4.02. The zero-order valence-corrected chi connectivity index (χ0v) is 11.2. The third kappa shape index (κ3) is 3.93. The summed E-state index contributed by atoms with van der Waals surface area (Å²) in [6.45, 7) is 0. The normalized spacial score (nSPS) is 11.0. The van der Waals surface area contributed by atoms with E-state index in [1.165, 1.54) is 12.1 Å². The maximum atomic E-state index is 12.0. The summed E-state index contributed by atoms with van der Waals surface area (Å²) in [5, 5.41) is 4.05. The fourth-order valence-corrected chi connectivity index (χ4v) is 1.58. The van der Waals surface area contributed by atoms with Gasteiger partial charge in [0.15, 0.2) is 5.88 Å². The standard InChI is InChI=1S/C13H6F3N2O3.Li.2H/c14-13(15,16)20-10-4-2-9(3-5-10)19-11-6-1-8-7-17-21-12(8)18-11;;;/h1-6H;;;/q-1;+1;2*-1. The minimum absolute atomic E-state index is 0. The van der Waals surface area contributed by atoms with E-state index in [1.807, 2.05) is 0 Å². The van der Waals surface area contributed by atoms with Crippen molar-refractivity contribution in [3.05, 3.63) is 42.6 Å².